The van der Waals surface area contributed by atoms with Gasteiger partial charge in [-0.3, -0.25) is 29.0 Å². The molecule has 4 rings (SSSR count). The number of Topliss-reactive ketones (excluding diaryl/α,β-unsaturated/α-hetero) is 1. The molecule has 56 heavy (non-hydrogen) atoms. The van der Waals surface area contributed by atoms with Crippen molar-refractivity contribution in [3.63, 3.8) is 0 Å². The van der Waals surface area contributed by atoms with Crippen LogP contribution in [0, 0.1) is 0 Å². The first-order valence-corrected chi connectivity index (χ1v) is 18.5. The summed E-state index contributed by atoms with van der Waals surface area (Å²) in [6, 6.07) is 24.5. The number of nitrogens with one attached hydrogen (secondary N) is 5. The van der Waals surface area contributed by atoms with Crippen LogP contribution in [0.4, 0.5) is 0 Å². The number of carbonyl (C=O) groups is 5. The molecular weight excluding hydrogens is 715 g/mol. The average Bonchev–Trinajstić information content (AvgIpc) is 3.72. The van der Waals surface area contributed by atoms with Gasteiger partial charge < -0.3 is 42.5 Å². The number of guanidine groups is 1. The summed E-state index contributed by atoms with van der Waals surface area (Å²) in [5.74, 6) is -3.58. The van der Waals surface area contributed by atoms with Gasteiger partial charge in [0.05, 0.1) is 31.6 Å². The van der Waals surface area contributed by atoms with E-state index >= 15 is 0 Å². The molecule has 9 N–H and O–H groups in total. The number of imidazole rings is 1. The minimum Gasteiger partial charge on any atom is -0.375 e. The van der Waals surface area contributed by atoms with E-state index in [0.717, 1.165) is 16.7 Å². The second-order valence-electron chi connectivity index (χ2n) is 13.4. The fourth-order valence-corrected chi connectivity index (χ4v) is 5.82. The molecule has 15 heteroatoms. The van der Waals surface area contributed by atoms with Crippen molar-refractivity contribution in [2.75, 3.05) is 13.2 Å². The Hall–Kier alpha value is -6.35. The van der Waals surface area contributed by atoms with Crippen molar-refractivity contribution in [1.82, 2.24) is 31.2 Å². The van der Waals surface area contributed by atoms with Crippen LogP contribution in [0.1, 0.15) is 48.6 Å². The summed E-state index contributed by atoms with van der Waals surface area (Å²) >= 11 is 0. The van der Waals surface area contributed by atoms with Crippen LogP contribution < -0.4 is 32.7 Å². The van der Waals surface area contributed by atoms with Crippen molar-refractivity contribution < 1.29 is 28.7 Å². The van der Waals surface area contributed by atoms with Gasteiger partial charge in [-0.25, -0.2) is 4.98 Å². The molecule has 0 saturated heterocycles. The van der Waals surface area contributed by atoms with Gasteiger partial charge >= 0.3 is 0 Å². The largest absolute Gasteiger partial charge is 0.375 e. The van der Waals surface area contributed by atoms with Crippen LogP contribution >= 0.6 is 0 Å². The second kappa shape index (κ2) is 22.8. The third kappa shape index (κ3) is 15.2. The molecule has 0 radical (unpaired) electrons. The summed E-state index contributed by atoms with van der Waals surface area (Å²) < 4.78 is 5.91. The van der Waals surface area contributed by atoms with Crippen LogP contribution in [-0.2, 0) is 54.6 Å². The molecule has 0 fully saturated rings. The van der Waals surface area contributed by atoms with Crippen molar-refractivity contribution in [2.45, 2.75) is 76.2 Å². The first-order valence-electron chi connectivity index (χ1n) is 18.5. The summed E-state index contributed by atoms with van der Waals surface area (Å²) in [5.41, 5.74) is 14.3. The van der Waals surface area contributed by atoms with E-state index in [2.05, 4.69) is 36.2 Å². The number of aliphatic imine (C=N–C) groups is 1. The minimum atomic E-state index is -1.25. The SMILES string of the molecule is C[C@H](NC(=O)[C@H](Cc1cnc[nH]1)NC(=O)[C@H](CCCN=C(N)N)NC(=O)CCc1ccccc1)C(=O)C(=O)N[C@H](COCc1ccccc1)Cc1ccccc1. The van der Waals surface area contributed by atoms with Crippen molar-refractivity contribution >= 4 is 35.4 Å². The van der Waals surface area contributed by atoms with Crippen molar-refractivity contribution in [1.29, 1.82) is 0 Å². The first kappa shape index (κ1) is 42.4. The van der Waals surface area contributed by atoms with Gasteiger partial charge in [0.15, 0.2) is 5.96 Å². The Morgan fingerprint density at radius 3 is 2.02 bits per heavy atom. The molecule has 0 aliphatic carbocycles. The fourth-order valence-electron chi connectivity index (χ4n) is 5.82. The predicted octanol–water partition coefficient (Wildman–Crippen LogP) is 1.63. The summed E-state index contributed by atoms with van der Waals surface area (Å²) in [4.78, 5) is 78.0. The van der Waals surface area contributed by atoms with Crippen LogP contribution in [-0.4, -0.2) is 82.7 Å². The Kier molecular flexibility index (Phi) is 17.2. The van der Waals surface area contributed by atoms with Crippen molar-refractivity contribution in [2.24, 2.45) is 16.5 Å². The lowest BCUT2D eigenvalue weighted by Crippen LogP contribution is -2.57. The minimum absolute atomic E-state index is 0.0226. The molecular formula is C41H51N9O6. The summed E-state index contributed by atoms with van der Waals surface area (Å²) in [6.07, 6.45) is 4.44. The average molecular weight is 766 g/mol. The van der Waals surface area contributed by atoms with Gasteiger partial charge in [-0.2, -0.15) is 0 Å². The molecule has 4 amide bonds. The maximum Gasteiger partial charge on any atom is 0.289 e. The summed E-state index contributed by atoms with van der Waals surface area (Å²) in [7, 11) is 0. The van der Waals surface area contributed by atoms with Crippen LogP contribution in [0.25, 0.3) is 0 Å². The number of nitrogens with two attached hydrogens (primary N) is 2. The molecule has 0 aliphatic rings. The Labute approximate surface area is 326 Å². The normalized spacial score (nSPS) is 12.9. The maximum atomic E-state index is 13.7. The molecule has 4 atom stereocenters. The number of carbonyl (C=O) groups excluding carboxylic acids is 5. The first-order chi connectivity index (χ1) is 27.1. The summed E-state index contributed by atoms with van der Waals surface area (Å²) in [5, 5.41) is 10.9. The summed E-state index contributed by atoms with van der Waals surface area (Å²) in [6.45, 7) is 2.07. The van der Waals surface area contributed by atoms with Gasteiger partial charge in [0.25, 0.3) is 5.91 Å². The molecule has 0 aliphatic heterocycles. The highest BCUT2D eigenvalue weighted by molar-refractivity contribution is 6.38. The zero-order valence-electron chi connectivity index (χ0n) is 31.5. The number of amides is 4. The highest BCUT2D eigenvalue weighted by Crippen LogP contribution is 2.09. The lowest BCUT2D eigenvalue weighted by atomic mass is 10.0. The molecule has 0 spiro atoms. The third-order valence-corrected chi connectivity index (χ3v) is 8.76. The van der Waals surface area contributed by atoms with Gasteiger partial charge in [0.1, 0.15) is 12.1 Å². The number of H-pyrrole nitrogens is 1. The molecule has 0 saturated carbocycles. The van der Waals surface area contributed by atoms with Crippen LogP contribution in [0.2, 0.25) is 0 Å². The van der Waals surface area contributed by atoms with E-state index in [1.807, 2.05) is 91.0 Å². The number of hydrogen-bond acceptors (Lipinski definition) is 8. The fraction of sp³-hybridized carbons (Fsp3) is 0.341. The van der Waals surface area contributed by atoms with Gasteiger partial charge in [-0.05, 0) is 49.3 Å². The van der Waals surface area contributed by atoms with E-state index in [4.69, 9.17) is 16.2 Å². The standard InChI is InChI=1S/C41H51N9O6/c1-28(37(52)40(55)48-33(22-30-14-7-3-8-15-30)26-56-25-31-16-9-4-10-17-31)47-39(54)35(23-32-24-44-27-46-32)50-38(53)34(18-11-21-45-41(42)43)49-36(51)20-19-29-12-5-2-6-13-29/h2-10,12-17,24,27-28,33-35H,11,18-23,25-26H2,1H3,(H,44,46)(H,47,54)(H,48,55)(H,49,51)(H,50,53)(H4,42,43,45)/t28-,33-,34-,35-/m0/s1. The van der Waals surface area contributed by atoms with Crippen LogP contribution in [0.3, 0.4) is 0 Å². The van der Waals surface area contributed by atoms with E-state index in [9.17, 15) is 24.0 Å². The zero-order valence-corrected chi connectivity index (χ0v) is 31.5. The Morgan fingerprint density at radius 2 is 1.39 bits per heavy atom. The van der Waals surface area contributed by atoms with Gasteiger partial charge in [-0.15, -0.1) is 0 Å². The molecule has 296 valence electrons. The second-order valence-corrected chi connectivity index (χ2v) is 13.4. The van der Waals surface area contributed by atoms with E-state index in [1.54, 1.807) is 0 Å². The molecule has 1 heterocycles. The number of rotatable bonds is 23. The topological polar surface area (TPSA) is 236 Å². The smallest absolute Gasteiger partial charge is 0.289 e. The van der Waals surface area contributed by atoms with E-state index < -0.39 is 47.7 Å². The van der Waals surface area contributed by atoms with Crippen LogP contribution in [0.15, 0.2) is 109 Å². The number of benzene rings is 3. The van der Waals surface area contributed by atoms with Crippen molar-refractivity contribution in [3.8, 4) is 0 Å². The number of nitrogens with zero attached hydrogens (tertiary/aromatic N) is 2. The van der Waals surface area contributed by atoms with Gasteiger partial charge in [0, 0.05) is 31.3 Å². The highest BCUT2D eigenvalue weighted by atomic mass is 16.5. The molecule has 0 unspecified atom stereocenters. The Bertz CT molecular complexity index is 1850. The third-order valence-electron chi connectivity index (χ3n) is 8.76. The van der Waals surface area contributed by atoms with Gasteiger partial charge in [0.2, 0.25) is 23.5 Å². The van der Waals surface area contributed by atoms with Crippen LogP contribution in [0.5, 0.6) is 0 Å². The number of hydrogen-bond donors (Lipinski definition) is 7. The number of aryl methyl sites for hydroxylation is 1. The van der Waals surface area contributed by atoms with Gasteiger partial charge in [-0.1, -0.05) is 91.0 Å². The number of ketones is 1. The predicted molar refractivity (Wildman–Crippen MR) is 212 cm³/mol. The lowest BCUT2D eigenvalue weighted by molar-refractivity contribution is -0.140. The lowest BCUT2D eigenvalue weighted by Gasteiger charge is -2.24. The molecule has 3 aromatic carbocycles. The van der Waals surface area contributed by atoms with E-state index in [1.165, 1.54) is 19.4 Å². The molecule has 15 nitrogen and oxygen atoms in total. The molecule has 4 aromatic rings. The monoisotopic (exact) mass is 765 g/mol. The Balaban J connectivity index is 1.40. The molecule has 1 aromatic heterocycles. The quantitative estimate of drug-likeness (QED) is 0.0251. The van der Waals surface area contributed by atoms with E-state index in [-0.39, 0.29) is 44.3 Å². The van der Waals surface area contributed by atoms with Crippen molar-refractivity contribution in [3.05, 3.63) is 126 Å². The maximum absolute atomic E-state index is 13.7. The number of aromatic amines is 1. The number of aromatic nitrogens is 2. The zero-order chi connectivity index (χ0) is 40.1. The number of ether oxygens (including phenoxy) is 1. The van der Waals surface area contributed by atoms with E-state index in [0.29, 0.717) is 31.6 Å². The highest BCUT2D eigenvalue weighted by Gasteiger charge is 2.31. The molecule has 0 bridgehead atoms. The Morgan fingerprint density at radius 1 is 0.768 bits per heavy atom.